The van der Waals surface area contributed by atoms with Crippen LogP contribution in [0.25, 0.3) is 0 Å². The summed E-state index contributed by atoms with van der Waals surface area (Å²) in [6.07, 6.45) is 0.0138. The quantitative estimate of drug-likeness (QED) is 0.447. The SMILES string of the molecule is NS(=O)(=O)c1ccc(N2C(=O)C[C@H](Sc3ccc(NC(=O)Nc4ccccc4)cc3)C2=O)cc1. The molecule has 1 aliphatic heterocycles. The Bertz CT molecular complexity index is 1330. The van der Waals surface area contributed by atoms with Gasteiger partial charge in [-0.1, -0.05) is 18.2 Å². The van der Waals surface area contributed by atoms with Crippen LogP contribution in [0, 0.1) is 0 Å². The Morgan fingerprint density at radius 2 is 1.47 bits per heavy atom. The number of sulfonamides is 1. The minimum atomic E-state index is -3.87. The lowest BCUT2D eigenvalue weighted by Crippen LogP contribution is -2.31. The van der Waals surface area contributed by atoms with Gasteiger partial charge >= 0.3 is 6.03 Å². The van der Waals surface area contributed by atoms with Crippen molar-refractivity contribution in [2.75, 3.05) is 15.5 Å². The van der Waals surface area contributed by atoms with Crippen molar-refractivity contribution in [1.82, 2.24) is 0 Å². The lowest BCUT2D eigenvalue weighted by Gasteiger charge is -2.15. The highest BCUT2D eigenvalue weighted by atomic mass is 32.2. The molecule has 3 aromatic rings. The Morgan fingerprint density at radius 3 is 2.06 bits per heavy atom. The highest BCUT2D eigenvalue weighted by Gasteiger charge is 2.40. The molecule has 0 radical (unpaired) electrons. The molecule has 4 rings (SSSR count). The van der Waals surface area contributed by atoms with Crippen LogP contribution in [0.5, 0.6) is 0 Å². The molecule has 4 amide bonds. The highest BCUT2D eigenvalue weighted by molar-refractivity contribution is 8.00. The summed E-state index contributed by atoms with van der Waals surface area (Å²) in [7, 11) is -3.87. The number of carbonyl (C=O) groups is 3. The number of benzene rings is 3. The maximum absolute atomic E-state index is 12.9. The van der Waals surface area contributed by atoms with E-state index in [0.29, 0.717) is 11.4 Å². The summed E-state index contributed by atoms with van der Waals surface area (Å²) < 4.78 is 22.8. The second-order valence-corrected chi connectivity index (χ2v) is 10.2. The van der Waals surface area contributed by atoms with Gasteiger partial charge in [0.15, 0.2) is 0 Å². The molecule has 1 aliphatic rings. The Morgan fingerprint density at radius 1 is 0.882 bits per heavy atom. The number of primary sulfonamides is 1. The maximum Gasteiger partial charge on any atom is 0.323 e. The number of rotatable bonds is 6. The molecule has 174 valence electrons. The van der Waals surface area contributed by atoms with Crippen molar-refractivity contribution in [3.8, 4) is 0 Å². The molecule has 3 aromatic carbocycles. The molecule has 0 aliphatic carbocycles. The van der Waals surface area contributed by atoms with Gasteiger partial charge in [-0.05, 0) is 60.7 Å². The van der Waals surface area contributed by atoms with E-state index >= 15 is 0 Å². The fourth-order valence-electron chi connectivity index (χ4n) is 3.35. The first-order chi connectivity index (χ1) is 16.2. The molecule has 1 heterocycles. The van der Waals surface area contributed by atoms with Crippen molar-refractivity contribution in [1.29, 1.82) is 0 Å². The Labute approximate surface area is 200 Å². The van der Waals surface area contributed by atoms with Crippen LogP contribution in [0.3, 0.4) is 0 Å². The normalized spacial score (nSPS) is 15.9. The van der Waals surface area contributed by atoms with Gasteiger partial charge in [0, 0.05) is 22.7 Å². The number of nitrogens with zero attached hydrogens (tertiary/aromatic N) is 1. The zero-order chi connectivity index (χ0) is 24.3. The van der Waals surface area contributed by atoms with E-state index < -0.39 is 15.3 Å². The van der Waals surface area contributed by atoms with Gasteiger partial charge in [0.2, 0.25) is 21.8 Å². The van der Waals surface area contributed by atoms with Gasteiger partial charge in [-0.3, -0.25) is 9.59 Å². The molecule has 1 fully saturated rings. The number of urea groups is 1. The number of hydrogen-bond acceptors (Lipinski definition) is 6. The molecule has 0 saturated carbocycles. The van der Waals surface area contributed by atoms with Gasteiger partial charge in [0.1, 0.15) is 0 Å². The molecule has 0 aromatic heterocycles. The number of nitrogens with two attached hydrogens (primary N) is 1. The van der Waals surface area contributed by atoms with Crippen molar-refractivity contribution in [2.45, 2.75) is 21.5 Å². The lowest BCUT2D eigenvalue weighted by molar-refractivity contribution is -0.121. The van der Waals surface area contributed by atoms with E-state index in [1.807, 2.05) is 18.2 Å². The molecular weight excluding hydrogens is 476 g/mol. The first-order valence-electron chi connectivity index (χ1n) is 10.1. The van der Waals surface area contributed by atoms with Crippen LogP contribution in [-0.2, 0) is 19.6 Å². The van der Waals surface area contributed by atoms with E-state index in [0.717, 1.165) is 9.80 Å². The Kier molecular flexibility index (Phi) is 6.68. The van der Waals surface area contributed by atoms with Crippen molar-refractivity contribution in [2.24, 2.45) is 5.14 Å². The van der Waals surface area contributed by atoms with Gasteiger partial charge in [-0.15, -0.1) is 11.8 Å². The second-order valence-electron chi connectivity index (χ2n) is 7.39. The molecular formula is C23H20N4O5S2. The number of anilines is 3. The van der Waals surface area contributed by atoms with Gasteiger partial charge in [-0.25, -0.2) is 23.3 Å². The summed E-state index contributed by atoms with van der Waals surface area (Å²) in [5, 5.41) is 9.92. The van der Waals surface area contributed by atoms with Crippen molar-refractivity contribution < 1.29 is 22.8 Å². The van der Waals surface area contributed by atoms with E-state index in [1.54, 1.807) is 36.4 Å². The molecule has 0 unspecified atom stereocenters. The molecule has 1 saturated heterocycles. The van der Waals surface area contributed by atoms with Gasteiger partial charge in [-0.2, -0.15) is 0 Å². The molecule has 4 N–H and O–H groups in total. The third-order valence-electron chi connectivity index (χ3n) is 4.95. The molecule has 0 bridgehead atoms. The standard InChI is InChI=1S/C23H20N4O5S2/c24-34(31,32)19-12-8-17(9-13-19)27-21(28)14-20(22(27)29)33-18-10-6-16(7-11-18)26-23(30)25-15-4-2-1-3-5-15/h1-13,20H,14H2,(H2,24,31,32)(H2,25,26,30)/t20-/m0/s1. The van der Waals surface area contributed by atoms with E-state index in [9.17, 15) is 22.8 Å². The first-order valence-corrected chi connectivity index (χ1v) is 12.5. The largest absolute Gasteiger partial charge is 0.323 e. The third-order valence-corrected chi connectivity index (χ3v) is 7.08. The minimum Gasteiger partial charge on any atom is -0.308 e. The summed E-state index contributed by atoms with van der Waals surface area (Å²) in [5.74, 6) is -0.760. The topological polar surface area (TPSA) is 139 Å². The van der Waals surface area contributed by atoms with Gasteiger partial charge in [0.05, 0.1) is 15.8 Å². The van der Waals surface area contributed by atoms with Crippen LogP contribution in [-0.4, -0.2) is 31.5 Å². The van der Waals surface area contributed by atoms with Crippen molar-refractivity contribution in [3.63, 3.8) is 0 Å². The maximum atomic E-state index is 12.9. The molecule has 9 nitrogen and oxygen atoms in total. The first kappa shape index (κ1) is 23.5. The van der Waals surface area contributed by atoms with E-state index in [4.69, 9.17) is 5.14 Å². The average Bonchev–Trinajstić information content (AvgIpc) is 3.08. The van der Waals surface area contributed by atoms with Gasteiger partial charge in [0.25, 0.3) is 0 Å². The van der Waals surface area contributed by atoms with Crippen LogP contribution >= 0.6 is 11.8 Å². The number of hydrogen-bond donors (Lipinski definition) is 3. The molecule has 34 heavy (non-hydrogen) atoms. The minimum absolute atomic E-state index is 0.0138. The number of thioether (sulfide) groups is 1. The monoisotopic (exact) mass is 496 g/mol. The predicted molar refractivity (Wildman–Crippen MR) is 130 cm³/mol. The molecule has 1 atom stereocenters. The molecule has 0 spiro atoms. The van der Waals surface area contributed by atoms with Crippen molar-refractivity contribution >= 4 is 56.7 Å². The summed E-state index contributed by atoms with van der Waals surface area (Å²) in [6.45, 7) is 0. The van der Waals surface area contributed by atoms with E-state index in [2.05, 4.69) is 10.6 Å². The van der Waals surface area contributed by atoms with Crippen molar-refractivity contribution in [3.05, 3.63) is 78.9 Å². The second kappa shape index (κ2) is 9.67. The smallest absolute Gasteiger partial charge is 0.308 e. The number of imide groups is 1. The zero-order valence-corrected chi connectivity index (χ0v) is 19.3. The van der Waals surface area contributed by atoms with Crippen LogP contribution < -0.4 is 20.7 Å². The highest BCUT2D eigenvalue weighted by Crippen LogP contribution is 2.34. The fourth-order valence-corrected chi connectivity index (χ4v) is 4.92. The van der Waals surface area contributed by atoms with Crippen LogP contribution in [0.4, 0.5) is 21.9 Å². The number of nitrogens with one attached hydrogen (secondary N) is 2. The summed E-state index contributed by atoms with van der Waals surface area (Å²) >= 11 is 1.24. The summed E-state index contributed by atoms with van der Waals surface area (Å²) in [4.78, 5) is 39.2. The zero-order valence-electron chi connectivity index (χ0n) is 17.7. The summed E-state index contributed by atoms with van der Waals surface area (Å²) in [6, 6.07) is 20.8. The molecule has 11 heteroatoms. The van der Waals surface area contributed by atoms with Crippen LogP contribution in [0.1, 0.15) is 6.42 Å². The Balaban J connectivity index is 1.38. The van der Waals surface area contributed by atoms with Crippen LogP contribution in [0.15, 0.2) is 88.7 Å². The number of para-hydroxylation sites is 1. The van der Waals surface area contributed by atoms with E-state index in [1.165, 1.54) is 36.0 Å². The van der Waals surface area contributed by atoms with Gasteiger partial charge < -0.3 is 10.6 Å². The predicted octanol–water partition coefficient (Wildman–Crippen LogP) is 3.40. The number of amides is 4. The van der Waals surface area contributed by atoms with Crippen LogP contribution in [0.2, 0.25) is 0 Å². The fraction of sp³-hybridized carbons (Fsp3) is 0.0870. The van der Waals surface area contributed by atoms with E-state index in [-0.39, 0.29) is 34.8 Å². The Hall–Kier alpha value is -3.67. The average molecular weight is 497 g/mol. The number of carbonyl (C=O) groups excluding carboxylic acids is 3. The summed E-state index contributed by atoms with van der Waals surface area (Å²) in [5.41, 5.74) is 1.53. The third kappa shape index (κ3) is 5.45. The lowest BCUT2D eigenvalue weighted by atomic mass is 10.3.